The molecule has 0 saturated carbocycles. The van der Waals surface area contributed by atoms with E-state index in [-0.39, 0.29) is 6.04 Å². The van der Waals surface area contributed by atoms with Gasteiger partial charge in [-0.2, -0.15) is 0 Å². The molecule has 1 aromatic carbocycles. The van der Waals surface area contributed by atoms with Gasteiger partial charge in [0.05, 0.1) is 4.90 Å². The van der Waals surface area contributed by atoms with Crippen LogP contribution in [-0.4, -0.2) is 18.9 Å². The Kier molecular flexibility index (Phi) is 6.59. The molecule has 18 heavy (non-hydrogen) atoms. The molecule has 0 fully saturated rings. The van der Waals surface area contributed by atoms with Crippen LogP contribution in [0.1, 0.15) is 31.7 Å². The van der Waals surface area contributed by atoms with Gasteiger partial charge in [0.1, 0.15) is 0 Å². The Morgan fingerprint density at radius 2 is 1.89 bits per heavy atom. The molecular formula is C13H20INO2S. The molecule has 1 N–H and O–H groups in total. The van der Waals surface area contributed by atoms with E-state index in [1.165, 1.54) is 0 Å². The Hall–Kier alpha value is -0.140. The number of rotatable bonds is 7. The molecule has 5 heteroatoms. The summed E-state index contributed by atoms with van der Waals surface area (Å²) < 4.78 is 27.9. The zero-order valence-corrected chi connectivity index (χ0v) is 13.8. The van der Waals surface area contributed by atoms with Gasteiger partial charge in [-0.3, -0.25) is 0 Å². The van der Waals surface area contributed by atoms with Gasteiger partial charge in [0.25, 0.3) is 0 Å². The molecule has 1 atom stereocenters. The van der Waals surface area contributed by atoms with Crippen LogP contribution < -0.4 is 4.72 Å². The van der Waals surface area contributed by atoms with Gasteiger partial charge in [-0.25, -0.2) is 13.1 Å². The molecule has 0 aliphatic heterocycles. The number of alkyl halides is 1. The minimum atomic E-state index is -3.37. The average molecular weight is 381 g/mol. The first kappa shape index (κ1) is 15.9. The van der Waals surface area contributed by atoms with Crippen LogP contribution in [0.15, 0.2) is 29.2 Å². The molecule has 0 spiro atoms. The lowest BCUT2D eigenvalue weighted by molar-refractivity contribution is 0.540. The van der Waals surface area contributed by atoms with Gasteiger partial charge < -0.3 is 0 Å². The lowest BCUT2D eigenvalue weighted by Gasteiger charge is -2.16. The maximum atomic E-state index is 12.2. The van der Waals surface area contributed by atoms with Crippen LogP contribution in [0.4, 0.5) is 0 Å². The Bertz CT molecular complexity index is 456. The lowest BCUT2D eigenvalue weighted by atomic mass is 10.2. The average Bonchev–Trinajstić information content (AvgIpc) is 2.35. The molecule has 102 valence electrons. The number of benzene rings is 1. The van der Waals surface area contributed by atoms with Crippen molar-refractivity contribution in [1.82, 2.24) is 4.72 Å². The standard InChI is InChI=1S/C13H20INO2S/c1-3-4-5-12(10-14)15-18(16,17)13-8-6-11(2)7-9-13/h6-9,12,15H,3-5,10H2,1-2H3. The molecule has 3 nitrogen and oxygen atoms in total. The molecule has 0 amide bonds. The summed E-state index contributed by atoms with van der Waals surface area (Å²) >= 11 is 2.23. The quantitative estimate of drug-likeness (QED) is 0.582. The lowest BCUT2D eigenvalue weighted by Crippen LogP contribution is -2.35. The van der Waals surface area contributed by atoms with Crippen LogP contribution in [0.3, 0.4) is 0 Å². The van der Waals surface area contributed by atoms with Crippen LogP contribution >= 0.6 is 22.6 Å². The van der Waals surface area contributed by atoms with Crippen LogP contribution in [0.5, 0.6) is 0 Å². The van der Waals surface area contributed by atoms with Crippen LogP contribution in [0.2, 0.25) is 0 Å². The second-order valence-corrected chi connectivity index (χ2v) is 7.02. The Morgan fingerprint density at radius 1 is 1.28 bits per heavy atom. The first-order chi connectivity index (χ1) is 8.49. The number of nitrogens with one attached hydrogen (secondary N) is 1. The number of unbranched alkanes of at least 4 members (excludes halogenated alkanes) is 1. The fourth-order valence-electron chi connectivity index (χ4n) is 1.62. The van der Waals surface area contributed by atoms with Gasteiger partial charge in [0.15, 0.2) is 0 Å². The van der Waals surface area contributed by atoms with Gasteiger partial charge in [-0.1, -0.05) is 60.1 Å². The molecule has 0 aromatic heterocycles. The summed E-state index contributed by atoms with van der Waals surface area (Å²) in [7, 11) is -3.37. The van der Waals surface area contributed by atoms with Crippen molar-refractivity contribution < 1.29 is 8.42 Å². The molecule has 1 unspecified atom stereocenters. The molecule has 0 saturated heterocycles. The van der Waals surface area contributed by atoms with Crippen LogP contribution in [-0.2, 0) is 10.0 Å². The van der Waals surface area contributed by atoms with Gasteiger partial charge in [0.2, 0.25) is 10.0 Å². The Morgan fingerprint density at radius 3 is 2.39 bits per heavy atom. The smallest absolute Gasteiger partial charge is 0.207 e. The summed E-state index contributed by atoms with van der Waals surface area (Å²) in [5.74, 6) is 0. The van der Waals surface area contributed by atoms with E-state index >= 15 is 0 Å². The van der Waals surface area contributed by atoms with Crippen molar-refractivity contribution in [3.05, 3.63) is 29.8 Å². The van der Waals surface area contributed by atoms with E-state index in [2.05, 4.69) is 34.2 Å². The number of aryl methyl sites for hydroxylation is 1. The summed E-state index contributed by atoms with van der Waals surface area (Å²) in [4.78, 5) is 0.347. The van der Waals surface area contributed by atoms with E-state index in [0.717, 1.165) is 29.3 Å². The first-order valence-electron chi connectivity index (χ1n) is 6.14. The SMILES string of the molecule is CCCCC(CI)NS(=O)(=O)c1ccc(C)cc1. The van der Waals surface area contributed by atoms with E-state index in [9.17, 15) is 8.42 Å². The molecule has 1 rings (SSSR count). The monoisotopic (exact) mass is 381 g/mol. The second-order valence-electron chi connectivity index (χ2n) is 4.43. The maximum absolute atomic E-state index is 12.2. The molecule has 0 radical (unpaired) electrons. The summed E-state index contributed by atoms with van der Waals surface area (Å²) in [6, 6.07) is 6.97. The van der Waals surface area contributed by atoms with Crippen molar-refractivity contribution in [2.24, 2.45) is 0 Å². The second kappa shape index (κ2) is 7.45. The highest BCUT2D eigenvalue weighted by atomic mass is 127. The van der Waals surface area contributed by atoms with E-state index in [1.54, 1.807) is 12.1 Å². The molecule has 0 aliphatic carbocycles. The van der Waals surface area contributed by atoms with Crippen LogP contribution in [0, 0.1) is 6.92 Å². The molecule has 1 aromatic rings. The zero-order valence-electron chi connectivity index (χ0n) is 10.8. The number of hydrogen-bond acceptors (Lipinski definition) is 2. The molecule has 0 aliphatic rings. The summed E-state index contributed by atoms with van der Waals surface area (Å²) in [5.41, 5.74) is 1.06. The third-order valence-electron chi connectivity index (χ3n) is 2.75. The van der Waals surface area contributed by atoms with Gasteiger partial charge in [-0.15, -0.1) is 0 Å². The van der Waals surface area contributed by atoms with Gasteiger partial charge in [0, 0.05) is 10.5 Å². The molecular weight excluding hydrogens is 361 g/mol. The topological polar surface area (TPSA) is 46.2 Å². The Labute approximate surface area is 124 Å². The van der Waals surface area contributed by atoms with Crippen molar-refractivity contribution in [3.63, 3.8) is 0 Å². The minimum Gasteiger partial charge on any atom is -0.207 e. The normalized spacial score (nSPS) is 13.5. The fourth-order valence-corrected chi connectivity index (χ4v) is 3.85. The van der Waals surface area contributed by atoms with Crippen molar-refractivity contribution in [1.29, 1.82) is 0 Å². The highest BCUT2D eigenvalue weighted by Gasteiger charge is 2.18. The van der Waals surface area contributed by atoms with E-state index in [0.29, 0.717) is 4.90 Å². The van der Waals surface area contributed by atoms with E-state index < -0.39 is 10.0 Å². The Balaban J connectivity index is 2.77. The first-order valence-corrected chi connectivity index (χ1v) is 9.15. The number of hydrogen-bond donors (Lipinski definition) is 1. The van der Waals surface area contributed by atoms with Gasteiger partial charge >= 0.3 is 0 Å². The van der Waals surface area contributed by atoms with E-state index in [4.69, 9.17) is 0 Å². The number of halogens is 1. The number of sulfonamides is 1. The maximum Gasteiger partial charge on any atom is 0.240 e. The predicted octanol–water partition coefficient (Wildman–Crippen LogP) is 3.27. The summed E-state index contributed by atoms with van der Waals surface area (Å²) in [5, 5.41) is 0. The zero-order chi connectivity index (χ0) is 13.6. The largest absolute Gasteiger partial charge is 0.240 e. The van der Waals surface area contributed by atoms with Crippen molar-refractivity contribution in [2.75, 3.05) is 4.43 Å². The predicted molar refractivity (Wildman–Crippen MR) is 83.7 cm³/mol. The molecule has 0 bridgehead atoms. The third-order valence-corrected chi connectivity index (χ3v) is 5.35. The highest BCUT2D eigenvalue weighted by molar-refractivity contribution is 14.1. The highest BCUT2D eigenvalue weighted by Crippen LogP contribution is 2.13. The summed E-state index contributed by atoms with van der Waals surface area (Å²) in [6.07, 6.45) is 3.02. The molecule has 0 heterocycles. The van der Waals surface area contributed by atoms with Crippen molar-refractivity contribution in [3.8, 4) is 0 Å². The van der Waals surface area contributed by atoms with Crippen LogP contribution in [0.25, 0.3) is 0 Å². The van der Waals surface area contributed by atoms with Crippen molar-refractivity contribution in [2.45, 2.75) is 44.0 Å². The minimum absolute atomic E-state index is 0.0249. The van der Waals surface area contributed by atoms with Crippen molar-refractivity contribution >= 4 is 32.6 Å². The van der Waals surface area contributed by atoms with Gasteiger partial charge in [-0.05, 0) is 25.5 Å². The summed E-state index contributed by atoms with van der Waals surface area (Å²) in [6.45, 7) is 4.05. The van der Waals surface area contributed by atoms with E-state index in [1.807, 2.05) is 19.1 Å². The third kappa shape index (κ3) is 4.85. The fraction of sp³-hybridized carbons (Fsp3) is 0.538.